The highest BCUT2D eigenvalue weighted by atomic mass is 35.5. The lowest BCUT2D eigenvalue weighted by atomic mass is 10.2. The highest BCUT2D eigenvalue weighted by Gasteiger charge is 2.15. The molecule has 5 rings (SSSR count). The largest absolute Gasteiger partial charge is 0.455 e. The van der Waals surface area contributed by atoms with Crippen LogP contribution in [0.1, 0.15) is 21.7 Å². The number of benzene rings is 1. The average Bonchev–Trinajstić information content (AvgIpc) is 3.38. The molecule has 0 N–H and O–H groups in total. The number of nitrogens with zero attached hydrogens (tertiary/aromatic N) is 4. The third-order valence-electron chi connectivity index (χ3n) is 4.76. The zero-order valence-corrected chi connectivity index (χ0v) is 18.9. The molecule has 0 spiro atoms. The Hall–Kier alpha value is -3.00. The normalized spacial score (nSPS) is 11.3. The summed E-state index contributed by atoms with van der Waals surface area (Å²) in [6.45, 7) is 0.0737. The topological polar surface area (TPSA) is 60.9 Å². The molecule has 0 aliphatic carbocycles. The fourth-order valence-electron chi connectivity index (χ4n) is 3.30. The summed E-state index contributed by atoms with van der Waals surface area (Å²) in [5.41, 5.74) is 3.62. The van der Waals surface area contributed by atoms with Gasteiger partial charge in [-0.15, -0.1) is 11.8 Å². The van der Waals surface area contributed by atoms with E-state index in [0.717, 1.165) is 21.9 Å². The maximum Gasteiger partial charge on any atom is 0.339 e. The van der Waals surface area contributed by atoms with Crippen LogP contribution in [0.5, 0.6) is 0 Å². The van der Waals surface area contributed by atoms with E-state index >= 15 is 0 Å². The lowest BCUT2D eigenvalue weighted by molar-refractivity contribution is 0.0464. The van der Waals surface area contributed by atoms with Crippen molar-refractivity contribution in [3.63, 3.8) is 0 Å². The van der Waals surface area contributed by atoms with Gasteiger partial charge in [0.25, 0.3) is 0 Å². The van der Waals surface area contributed by atoms with Crippen molar-refractivity contribution in [1.82, 2.24) is 18.8 Å². The summed E-state index contributed by atoms with van der Waals surface area (Å²) in [6, 6.07) is 14.6. The van der Waals surface area contributed by atoms with Crippen molar-refractivity contribution in [2.24, 2.45) is 0 Å². The van der Waals surface area contributed by atoms with Gasteiger partial charge < -0.3 is 13.5 Å². The number of carbonyl (C=O) groups excluding carboxylic acids is 1. The van der Waals surface area contributed by atoms with Gasteiger partial charge in [0, 0.05) is 35.4 Å². The molecular formula is C23H16Cl2N4O2S. The molecule has 0 saturated heterocycles. The van der Waals surface area contributed by atoms with Crippen molar-refractivity contribution in [3.05, 3.63) is 100 Å². The molecule has 0 aliphatic heterocycles. The van der Waals surface area contributed by atoms with Crippen molar-refractivity contribution in [3.8, 4) is 0 Å². The van der Waals surface area contributed by atoms with Gasteiger partial charge in [-0.2, -0.15) is 0 Å². The summed E-state index contributed by atoms with van der Waals surface area (Å²) in [4.78, 5) is 22.6. The van der Waals surface area contributed by atoms with Crippen LogP contribution in [0, 0.1) is 0 Å². The lowest BCUT2D eigenvalue weighted by Gasteiger charge is -2.08. The highest BCUT2D eigenvalue weighted by Crippen LogP contribution is 2.27. The zero-order chi connectivity index (χ0) is 22.1. The van der Waals surface area contributed by atoms with E-state index < -0.39 is 5.97 Å². The first-order chi connectivity index (χ1) is 15.5. The predicted molar refractivity (Wildman–Crippen MR) is 126 cm³/mol. The van der Waals surface area contributed by atoms with Crippen LogP contribution in [0.25, 0.3) is 11.3 Å². The van der Waals surface area contributed by atoms with Gasteiger partial charge in [0.1, 0.15) is 17.9 Å². The van der Waals surface area contributed by atoms with Crippen molar-refractivity contribution >= 4 is 52.2 Å². The zero-order valence-electron chi connectivity index (χ0n) is 16.6. The molecule has 4 heterocycles. The van der Waals surface area contributed by atoms with Crippen molar-refractivity contribution in [2.75, 3.05) is 0 Å². The Morgan fingerprint density at radius 3 is 2.19 bits per heavy atom. The minimum atomic E-state index is -0.398. The van der Waals surface area contributed by atoms with Gasteiger partial charge >= 0.3 is 5.97 Å². The van der Waals surface area contributed by atoms with Gasteiger partial charge in [0.15, 0.2) is 0 Å². The summed E-state index contributed by atoms with van der Waals surface area (Å²) in [5, 5.41) is 1.26. The molecule has 32 heavy (non-hydrogen) atoms. The molecule has 0 saturated carbocycles. The van der Waals surface area contributed by atoms with E-state index in [4.69, 9.17) is 27.9 Å². The van der Waals surface area contributed by atoms with Crippen molar-refractivity contribution < 1.29 is 9.53 Å². The molecule has 0 radical (unpaired) electrons. The number of carbonyl (C=O) groups is 1. The van der Waals surface area contributed by atoms with Crippen molar-refractivity contribution in [2.45, 2.75) is 17.3 Å². The lowest BCUT2D eigenvalue weighted by Crippen LogP contribution is -2.07. The van der Waals surface area contributed by atoms with Crippen LogP contribution < -0.4 is 0 Å². The number of imidazole rings is 2. The predicted octanol–water partition coefficient (Wildman–Crippen LogP) is 5.94. The summed E-state index contributed by atoms with van der Waals surface area (Å²) in [6.07, 6.45) is 7.31. The van der Waals surface area contributed by atoms with Gasteiger partial charge in [-0.25, -0.2) is 14.8 Å². The van der Waals surface area contributed by atoms with E-state index in [0.29, 0.717) is 27.1 Å². The van der Waals surface area contributed by atoms with Gasteiger partial charge in [-0.1, -0.05) is 35.3 Å². The molecule has 160 valence electrons. The van der Waals surface area contributed by atoms with E-state index in [2.05, 4.69) is 9.97 Å². The molecule has 0 unspecified atom stereocenters. The molecule has 0 atom stereocenters. The van der Waals surface area contributed by atoms with Gasteiger partial charge in [0.05, 0.1) is 27.0 Å². The quantitative estimate of drug-likeness (QED) is 0.221. The number of thioether (sulfide) groups is 1. The van der Waals surface area contributed by atoms with Gasteiger partial charge in [-0.3, -0.25) is 0 Å². The average molecular weight is 483 g/mol. The van der Waals surface area contributed by atoms with Crippen molar-refractivity contribution in [1.29, 1.82) is 0 Å². The molecule has 9 heteroatoms. The Balaban J connectivity index is 1.27. The Bertz CT molecular complexity index is 1450. The molecule has 4 aromatic heterocycles. The highest BCUT2D eigenvalue weighted by molar-refractivity contribution is 7.98. The number of fused-ring (bicyclic) bond motifs is 2. The van der Waals surface area contributed by atoms with Crippen LogP contribution in [-0.4, -0.2) is 24.7 Å². The van der Waals surface area contributed by atoms with E-state index in [1.807, 2.05) is 53.2 Å². The van der Waals surface area contributed by atoms with E-state index in [1.165, 1.54) is 11.8 Å². The van der Waals surface area contributed by atoms with Crippen LogP contribution in [0.2, 0.25) is 10.0 Å². The molecule has 6 nitrogen and oxygen atoms in total. The van der Waals surface area contributed by atoms with Crippen LogP contribution in [0.4, 0.5) is 0 Å². The Kier molecular flexibility index (Phi) is 5.78. The van der Waals surface area contributed by atoms with Gasteiger partial charge in [-0.05, 0) is 36.4 Å². The Morgan fingerprint density at radius 2 is 1.47 bits per heavy atom. The summed E-state index contributed by atoms with van der Waals surface area (Å²) >= 11 is 13.6. The van der Waals surface area contributed by atoms with E-state index in [9.17, 15) is 4.79 Å². The fraction of sp³-hybridized carbons (Fsp3) is 0.0870. The van der Waals surface area contributed by atoms with Crippen LogP contribution in [0.15, 0.2) is 78.2 Å². The maximum atomic E-state index is 12.8. The first-order valence-corrected chi connectivity index (χ1v) is 11.4. The van der Waals surface area contributed by atoms with Gasteiger partial charge in [0.2, 0.25) is 0 Å². The number of hydrogen-bond acceptors (Lipinski definition) is 5. The monoisotopic (exact) mass is 482 g/mol. The number of pyridine rings is 2. The molecule has 0 amide bonds. The van der Waals surface area contributed by atoms with E-state index in [1.54, 1.807) is 28.9 Å². The third kappa shape index (κ3) is 4.46. The van der Waals surface area contributed by atoms with E-state index in [-0.39, 0.29) is 6.61 Å². The molecule has 0 fully saturated rings. The summed E-state index contributed by atoms with van der Waals surface area (Å²) < 4.78 is 9.22. The number of hydrogen-bond donors (Lipinski definition) is 0. The summed E-state index contributed by atoms with van der Waals surface area (Å²) in [7, 11) is 0. The second-order valence-electron chi connectivity index (χ2n) is 7.05. The van der Waals surface area contributed by atoms with Crippen LogP contribution >= 0.6 is 35.0 Å². The molecular weight excluding hydrogens is 467 g/mol. The fourth-order valence-corrected chi connectivity index (χ4v) is 4.56. The first kappa shape index (κ1) is 20.9. The Labute approximate surface area is 197 Å². The maximum absolute atomic E-state index is 12.8. The van der Waals surface area contributed by atoms with Crippen LogP contribution in [0.3, 0.4) is 0 Å². The summed E-state index contributed by atoms with van der Waals surface area (Å²) in [5.74, 6) is 0.210. The smallest absolute Gasteiger partial charge is 0.339 e. The SMILES string of the molecule is O=C(OCc1cn2cc(Cl)ccc2n1)c1ccccc1SCc1cn2cc(Cl)ccc2n1. The minimum absolute atomic E-state index is 0.0737. The molecule has 0 bridgehead atoms. The number of ether oxygens (including phenoxy) is 1. The number of halogens is 2. The standard InChI is InChI=1S/C23H16Cl2N4O2S/c24-15-5-7-21-26-17(11-28(21)9-15)13-31-23(30)19-3-1-2-4-20(19)32-14-18-12-29-10-16(25)6-8-22(29)27-18/h1-12H,13-14H2. The van der Waals surface area contributed by atoms with Crippen LogP contribution in [-0.2, 0) is 17.1 Å². The third-order valence-corrected chi connectivity index (χ3v) is 6.32. The second-order valence-corrected chi connectivity index (χ2v) is 8.94. The molecule has 5 aromatic rings. The number of rotatable bonds is 6. The number of esters is 1. The minimum Gasteiger partial charge on any atom is -0.455 e. The Morgan fingerprint density at radius 1 is 0.844 bits per heavy atom. The molecule has 1 aromatic carbocycles. The molecule has 0 aliphatic rings. The second kappa shape index (κ2) is 8.86. The number of aromatic nitrogens is 4. The first-order valence-electron chi connectivity index (χ1n) is 9.70.